The lowest BCUT2D eigenvalue weighted by Gasteiger charge is -2.36. The van der Waals surface area contributed by atoms with E-state index in [0.717, 1.165) is 18.8 Å². The number of carbonyl (C=O) groups is 3. The molecule has 47 heavy (non-hydrogen) atoms. The zero-order chi connectivity index (χ0) is 33.6. The number of para-hydroxylation sites is 1. The molecule has 2 heterocycles. The summed E-state index contributed by atoms with van der Waals surface area (Å²) < 4.78 is 33.3. The molecule has 3 amide bonds. The monoisotopic (exact) mass is 683 g/mol. The van der Waals surface area contributed by atoms with E-state index in [1.165, 1.54) is 29.6 Å². The van der Waals surface area contributed by atoms with Crippen LogP contribution >= 0.6 is 11.6 Å². The Morgan fingerprint density at radius 3 is 2.34 bits per heavy atom. The predicted octanol–water partition coefficient (Wildman–Crippen LogP) is 3.92. The first-order chi connectivity index (χ1) is 22.5. The number of nitrogens with zero attached hydrogens (tertiary/aromatic N) is 3. The summed E-state index contributed by atoms with van der Waals surface area (Å²) in [5, 5.41) is 15.6. The summed E-state index contributed by atoms with van der Waals surface area (Å²) in [6.07, 6.45) is 0.839. The third-order valence-corrected chi connectivity index (χ3v) is 10.6. The number of hydrogen-bond donors (Lipinski definition) is 3. The Hall–Kier alpha value is -4.33. The number of rotatable bonds is 10. The first-order valence-corrected chi connectivity index (χ1v) is 17.2. The highest BCUT2D eigenvalue weighted by molar-refractivity contribution is 7.89. The molecule has 3 aromatic carbocycles. The average molecular weight is 684 g/mol. The third-order valence-electron chi connectivity index (χ3n) is 8.45. The molecule has 0 saturated carbocycles. The SMILES string of the molecule is COc1ccc(Cl)cc1S(=O)(=O)N1CCCC(C(=O)N[C@@H](Cc2ccc(NC(=O)N3CCN(c4ccccc4)CC3)cc2)C(=O)O)C1. The average Bonchev–Trinajstić information content (AvgIpc) is 3.09. The first kappa shape index (κ1) is 34.0. The summed E-state index contributed by atoms with van der Waals surface area (Å²) in [5.41, 5.74) is 2.34. The maximum Gasteiger partial charge on any atom is 0.326 e. The van der Waals surface area contributed by atoms with E-state index in [4.69, 9.17) is 16.3 Å². The van der Waals surface area contributed by atoms with Crippen molar-refractivity contribution in [3.05, 3.63) is 83.4 Å². The van der Waals surface area contributed by atoms with Crippen molar-refractivity contribution in [2.45, 2.75) is 30.2 Å². The van der Waals surface area contributed by atoms with Gasteiger partial charge in [-0.2, -0.15) is 4.31 Å². The Bertz CT molecular complexity index is 1680. The number of ether oxygens (including phenoxy) is 1. The van der Waals surface area contributed by atoms with Gasteiger partial charge in [0.15, 0.2) is 0 Å². The van der Waals surface area contributed by atoms with Gasteiger partial charge in [0.2, 0.25) is 15.9 Å². The van der Waals surface area contributed by atoms with E-state index >= 15 is 0 Å². The van der Waals surface area contributed by atoms with Crippen molar-refractivity contribution in [2.75, 3.05) is 56.6 Å². The lowest BCUT2D eigenvalue weighted by molar-refractivity contribution is -0.142. The number of hydrogen-bond acceptors (Lipinski definition) is 7. The van der Waals surface area contributed by atoms with E-state index in [1.807, 2.05) is 18.2 Å². The fourth-order valence-electron chi connectivity index (χ4n) is 5.82. The smallest absolute Gasteiger partial charge is 0.326 e. The molecular weight excluding hydrogens is 646 g/mol. The molecule has 3 aromatic rings. The molecule has 14 heteroatoms. The van der Waals surface area contributed by atoms with E-state index in [9.17, 15) is 27.9 Å². The van der Waals surface area contributed by atoms with Gasteiger partial charge < -0.3 is 30.3 Å². The molecule has 3 N–H and O–H groups in total. The Morgan fingerprint density at radius 2 is 1.68 bits per heavy atom. The summed E-state index contributed by atoms with van der Waals surface area (Å²) in [5.74, 6) is -2.35. The minimum absolute atomic E-state index is 0.00515. The van der Waals surface area contributed by atoms with Gasteiger partial charge >= 0.3 is 12.0 Å². The lowest BCUT2D eigenvalue weighted by Crippen LogP contribution is -2.50. The molecule has 2 saturated heterocycles. The van der Waals surface area contributed by atoms with E-state index in [2.05, 4.69) is 27.7 Å². The van der Waals surface area contributed by atoms with Crippen molar-refractivity contribution < 1.29 is 32.6 Å². The van der Waals surface area contributed by atoms with Crippen LogP contribution in [0, 0.1) is 5.92 Å². The van der Waals surface area contributed by atoms with Gasteiger partial charge in [-0.15, -0.1) is 0 Å². The van der Waals surface area contributed by atoms with Gasteiger partial charge in [0.1, 0.15) is 16.7 Å². The molecule has 5 rings (SSSR count). The number of piperidine rings is 1. The van der Waals surface area contributed by atoms with Crippen LogP contribution in [-0.2, 0) is 26.0 Å². The van der Waals surface area contributed by atoms with Gasteiger partial charge in [-0.3, -0.25) is 4.79 Å². The second kappa shape index (κ2) is 15.1. The van der Waals surface area contributed by atoms with Crippen molar-refractivity contribution in [1.29, 1.82) is 0 Å². The second-order valence-electron chi connectivity index (χ2n) is 11.5. The van der Waals surface area contributed by atoms with Crippen molar-refractivity contribution in [3.63, 3.8) is 0 Å². The fraction of sp³-hybridized carbons (Fsp3) is 0.364. The van der Waals surface area contributed by atoms with Crippen LogP contribution in [-0.4, -0.2) is 93.1 Å². The van der Waals surface area contributed by atoms with Crippen LogP contribution < -0.4 is 20.3 Å². The summed E-state index contributed by atoms with van der Waals surface area (Å²) in [7, 11) is -2.67. The summed E-state index contributed by atoms with van der Waals surface area (Å²) in [4.78, 5) is 42.1. The Kier molecular flexibility index (Phi) is 10.9. The maximum atomic E-state index is 13.4. The number of sulfonamides is 1. The molecule has 0 spiro atoms. The minimum Gasteiger partial charge on any atom is -0.495 e. The van der Waals surface area contributed by atoms with E-state index < -0.39 is 33.9 Å². The summed E-state index contributed by atoms with van der Waals surface area (Å²) in [6, 6.07) is 19.7. The van der Waals surface area contributed by atoms with Crippen LogP contribution in [0.4, 0.5) is 16.2 Å². The molecule has 2 atom stereocenters. The predicted molar refractivity (Wildman–Crippen MR) is 178 cm³/mol. The molecule has 250 valence electrons. The number of anilines is 2. The number of aliphatic carboxylic acids is 1. The van der Waals surface area contributed by atoms with Crippen LogP contribution in [0.5, 0.6) is 5.75 Å². The van der Waals surface area contributed by atoms with Gasteiger partial charge in [-0.05, 0) is 60.9 Å². The Labute approximate surface area is 279 Å². The molecule has 2 aliphatic heterocycles. The third kappa shape index (κ3) is 8.34. The number of urea groups is 1. The Morgan fingerprint density at radius 1 is 0.979 bits per heavy atom. The molecule has 0 aliphatic carbocycles. The molecule has 0 aromatic heterocycles. The van der Waals surface area contributed by atoms with Gasteiger partial charge in [0.25, 0.3) is 0 Å². The van der Waals surface area contributed by atoms with Gasteiger partial charge in [0.05, 0.1) is 13.0 Å². The standard InChI is InChI=1S/C33H38ClN5O7S/c1-46-29-14-11-25(34)21-30(29)47(44,45)39-15-5-6-24(22-39)31(40)36-28(32(41)42)20-23-9-12-26(13-10-23)35-33(43)38-18-16-37(17-19-38)27-7-3-2-4-8-27/h2-4,7-14,21,24,28H,5-6,15-20,22H2,1H3,(H,35,43)(H,36,40)(H,41,42)/t24?,28-/m0/s1. The topological polar surface area (TPSA) is 149 Å². The highest BCUT2D eigenvalue weighted by Gasteiger charge is 2.36. The number of benzene rings is 3. The molecule has 2 fully saturated rings. The van der Waals surface area contributed by atoms with E-state index in [1.54, 1.807) is 29.2 Å². The fourth-order valence-corrected chi connectivity index (χ4v) is 7.77. The number of methoxy groups -OCH3 is 1. The highest BCUT2D eigenvalue weighted by atomic mass is 35.5. The largest absolute Gasteiger partial charge is 0.495 e. The number of piperazine rings is 1. The lowest BCUT2D eigenvalue weighted by atomic mass is 9.97. The van der Waals surface area contributed by atoms with Crippen LogP contribution in [0.3, 0.4) is 0 Å². The number of carboxylic acids is 1. The zero-order valence-electron chi connectivity index (χ0n) is 26.0. The number of carboxylic acid groups (broad SMARTS) is 1. The number of nitrogens with one attached hydrogen (secondary N) is 2. The first-order valence-electron chi connectivity index (χ1n) is 15.4. The van der Waals surface area contributed by atoms with E-state index in [-0.39, 0.29) is 41.2 Å². The van der Waals surface area contributed by atoms with Crippen molar-refractivity contribution in [3.8, 4) is 5.75 Å². The van der Waals surface area contributed by atoms with Crippen LogP contribution in [0.2, 0.25) is 5.02 Å². The van der Waals surface area contributed by atoms with Crippen molar-refractivity contribution >= 4 is 50.9 Å². The van der Waals surface area contributed by atoms with Crippen molar-refractivity contribution in [2.24, 2.45) is 5.92 Å². The second-order valence-corrected chi connectivity index (χ2v) is 13.9. The zero-order valence-corrected chi connectivity index (χ0v) is 27.5. The molecule has 12 nitrogen and oxygen atoms in total. The molecular formula is C33H38ClN5O7S. The molecule has 2 aliphatic rings. The molecule has 0 radical (unpaired) electrons. The van der Waals surface area contributed by atoms with Crippen LogP contribution in [0.1, 0.15) is 18.4 Å². The molecule has 1 unspecified atom stereocenters. The quantitative estimate of drug-likeness (QED) is 0.291. The minimum atomic E-state index is -4.03. The summed E-state index contributed by atoms with van der Waals surface area (Å²) in [6.45, 7) is 2.72. The molecule has 0 bridgehead atoms. The van der Waals surface area contributed by atoms with Gasteiger partial charge in [-0.1, -0.05) is 41.9 Å². The van der Waals surface area contributed by atoms with Crippen LogP contribution in [0.15, 0.2) is 77.7 Å². The number of carbonyl (C=O) groups excluding carboxylic acids is 2. The van der Waals surface area contributed by atoms with Crippen molar-refractivity contribution in [1.82, 2.24) is 14.5 Å². The number of amides is 3. The van der Waals surface area contributed by atoms with Gasteiger partial charge in [-0.25, -0.2) is 18.0 Å². The van der Waals surface area contributed by atoms with Gasteiger partial charge in [0, 0.05) is 62.1 Å². The number of halogens is 1. The van der Waals surface area contributed by atoms with E-state index in [0.29, 0.717) is 37.2 Å². The highest BCUT2D eigenvalue weighted by Crippen LogP contribution is 2.32. The Balaban J connectivity index is 1.15. The summed E-state index contributed by atoms with van der Waals surface area (Å²) >= 11 is 6.06. The maximum absolute atomic E-state index is 13.4. The van der Waals surface area contributed by atoms with Crippen LogP contribution in [0.25, 0.3) is 0 Å². The normalized spacial score (nSPS) is 17.9.